The maximum atomic E-state index is 3.71. The molecular weight excluding hydrogens is 234 g/mol. The van der Waals surface area contributed by atoms with Gasteiger partial charge in [0, 0.05) is 37.8 Å². The van der Waals surface area contributed by atoms with E-state index in [1.54, 1.807) is 0 Å². The summed E-state index contributed by atoms with van der Waals surface area (Å²) in [4.78, 5) is 5.53. The highest BCUT2D eigenvalue weighted by Gasteiger charge is 2.36. The highest BCUT2D eigenvalue weighted by molar-refractivity contribution is 4.93. The van der Waals surface area contributed by atoms with E-state index >= 15 is 0 Å². The van der Waals surface area contributed by atoms with Crippen molar-refractivity contribution in [2.24, 2.45) is 5.92 Å². The van der Waals surface area contributed by atoms with Crippen LogP contribution >= 0.6 is 0 Å². The zero-order valence-electron chi connectivity index (χ0n) is 12.8. The number of fused-ring (bicyclic) bond motifs is 1. The lowest BCUT2D eigenvalue weighted by Gasteiger charge is -2.44. The Labute approximate surface area is 118 Å². The van der Waals surface area contributed by atoms with E-state index in [-0.39, 0.29) is 0 Å². The lowest BCUT2D eigenvalue weighted by Crippen LogP contribution is -2.56. The van der Waals surface area contributed by atoms with Gasteiger partial charge in [0.15, 0.2) is 0 Å². The van der Waals surface area contributed by atoms with E-state index in [0.717, 1.165) is 30.6 Å². The number of nitrogens with zero attached hydrogens (tertiary/aromatic N) is 2. The van der Waals surface area contributed by atoms with E-state index < -0.39 is 0 Å². The van der Waals surface area contributed by atoms with E-state index in [0.29, 0.717) is 0 Å². The van der Waals surface area contributed by atoms with Gasteiger partial charge in [-0.2, -0.15) is 0 Å². The molecule has 1 N–H and O–H groups in total. The minimum absolute atomic E-state index is 0.761. The fraction of sp³-hybridized carbons (Fsp3) is 1.00. The molecular formula is C16H31N3. The Morgan fingerprint density at radius 3 is 2.84 bits per heavy atom. The molecule has 4 unspecified atom stereocenters. The number of hydrogen-bond donors (Lipinski definition) is 1. The molecule has 3 heteroatoms. The van der Waals surface area contributed by atoms with Crippen LogP contribution in [-0.4, -0.2) is 60.6 Å². The molecule has 4 atom stereocenters. The molecule has 0 aromatic carbocycles. The highest BCUT2D eigenvalue weighted by Crippen LogP contribution is 2.30. The molecule has 110 valence electrons. The summed E-state index contributed by atoms with van der Waals surface area (Å²) in [6.07, 6.45) is 7.13. The standard InChI is InChI=1S/C16H31N3/c1-3-17-16-8-4-6-14(16)11-19-12-15-7-5-9-18(15)10-13(19)2/h13-17H,3-12H2,1-2H3. The van der Waals surface area contributed by atoms with E-state index in [9.17, 15) is 0 Å². The summed E-state index contributed by atoms with van der Waals surface area (Å²) in [5, 5.41) is 3.71. The first-order valence-electron chi connectivity index (χ1n) is 8.49. The van der Waals surface area contributed by atoms with Crippen LogP contribution in [0.2, 0.25) is 0 Å². The van der Waals surface area contributed by atoms with Crippen molar-refractivity contribution < 1.29 is 0 Å². The van der Waals surface area contributed by atoms with Crippen LogP contribution in [0.3, 0.4) is 0 Å². The summed E-state index contributed by atoms with van der Waals surface area (Å²) >= 11 is 0. The largest absolute Gasteiger partial charge is 0.314 e. The van der Waals surface area contributed by atoms with Crippen molar-refractivity contribution in [3.05, 3.63) is 0 Å². The van der Waals surface area contributed by atoms with Gasteiger partial charge in [-0.15, -0.1) is 0 Å². The van der Waals surface area contributed by atoms with Gasteiger partial charge in [-0.25, -0.2) is 0 Å². The molecule has 3 rings (SSSR count). The van der Waals surface area contributed by atoms with Crippen molar-refractivity contribution in [3.63, 3.8) is 0 Å². The van der Waals surface area contributed by atoms with Gasteiger partial charge in [-0.05, 0) is 51.6 Å². The summed E-state index contributed by atoms with van der Waals surface area (Å²) in [7, 11) is 0. The minimum Gasteiger partial charge on any atom is -0.314 e. The van der Waals surface area contributed by atoms with Crippen LogP contribution in [0.5, 0.6) is 0 Å². The molecule has 0 bridgehead atoms. The monoisotopic (exact) mass is 265 g/mol. The Morgan fingerprint density at radius 2 is 2.00 bits per heavy atom. The Kier molecular flexibility index (Phi) is 4.45. The van der Waals surface area contributed by atoms with E-state index in [2.05, 4.69) is 29.0 Å². The molecule has 1 saturated carbocycles. The summed E-state index contributed by atoms with van der Waals surface area (Å²) in [6.45, 7) is 11.1. The van der Waals surface area contributed by atoms with Crippen LogP contribution in [0.25, 0.3) is 0 Å². The third-order valence-electron chi connectivity index (χ3n) is 5.66. The predicted octanol–water partition coefficient (Wildman–Crippen LogP) is 1.93. The topological polar surface area (TPSA) is 18.5 Å². The van der Waals surface area contributed by atoms with Gasteiger partial charge in [0.2, 0.25) is 0 Å². The summed E-state index contributed by atoms with van der Waals surface area (Å²) in [6, 6.07) is 2.42. The molecule has 2 heterocycles. The highest BCUT2D eigenvalue weighted by atomic mass is 15.3. The maximum Gasteiger partial charge on any atom is 0.0224 e. The lowest BCUT2D eigenvalue weighted by atomic mass is 9.99. The van der Waals surface area contributed by atoms with Crippen molar-refractivity contribution in [1.29, 1.82) is 0 Å². The summed E-state index contributed by atoms with van der Waals surface area (Å²) < 4.78 is 0. The van der Waals surface area contributed by atoms with Crippen LogP contribution in [0.4, 0.5) is 0 Å². The van der Waals surface area contributed by atoms with Gasteiger partial charge in [0.05, 0.1) is 0 Å². The van der Waals surface area contributed by atoms with E-state index in [1.165, 1.54) is 58.3 Å². The molecule has 0 aromatic heterocycles. The fourth-order valence-corrected chi connectivity index (χ4v) is 4.59. The van der Waals surface area contributed by atoms with Crippen molar-refractivity contribution in [2.75, 3.05) is 32.7 Å². The zero-order valence-corrected chi connectivity index (χ0v) is 12.8. The van der Waals surface area contributed by atoms with Crippen LogP contribution < -0.4 is 5.32 Å². The number of piperazine rings is 1. The van der Waals surface area contributed by atoms with Gasteiger partial charge in [-0.1, -0.05) is 13.3 Å². The average molecular weight is 265 g/mol. The summed E-state index contributed by atoms with van der Waals surface area (Å²) in [5.41, 5.74) is 0. The molecule has 0 radical (unpaired) electrons. The molecule has 3 fully saturated rings. The molecule has 19 heavy (non-hydrogen) atoms. The van der Waals surface area contributed by atoms with Crippen LogP contribution in [0.15, 0.2) is 0 Å². The number of nitrogens with one attached hydrogen (secondary N) is 1. The van der Waals surface area contributed by atoms with Crippen molar-refractivity contribution >= 4 is 0 Å². The molecule has 2 saturated heterocycles. The third-order valence-corrected chi connectivity index (χ3v) is 5.66. The normalized spacial score (nSPS) is 40.7. The molecule has 2 aliphatic heterocycles. The first kappa shape index (κ1) is 13.8. The molecule has 3 aliphatic rings. The molecule has 0 spiro atoms. The molecule has 1 aliphatic carbocycles. The van der Waals surface area contributed by atoms with E-state index in [1.807, 2.05) is 0 Å². The predicted molar refractivity (Wildman–Crippen MR) is 80.4 cm³/mol. The smallest absolute Gasteiger partial charge is 0.0224 e. The van der Waals surface area contributed by atoms with Gasteiger partial charge >= 0.3 is 0 Å². The third kappa shape index (κ3) is 2.98. The SMILES string of the molecule is CCNC1CCCC1CN1CC2CCCN2CC1C. The Morgan fingerprint density at radius 1 is 1.11 bits per heavy atom. The first-order valence-corrected chi connectivity index (χ1v) is 8.49. The summed E-state index contributed by atoms with van der Waals surface area (Å²) in [5.74, 6) is 0.898. The van der Waals surface area contributed by atoms with Crippen molar-refractivity contribution in [3.8, 4) is 0 Å². The molecule has 3 nitrogen and oxygen atoms in total. The molecule has 0 aromatic rings. The Bertz CT molecular complexity index is 294. The maximum absolute atomic E-state index is 3.71. The lowest BCUT2D eigenvalue weighted by molar-refractivity contribution is 0.0457. The second-order valence-corrected chi connectivity index (χ2v) is 6.95. The van der Waals surface area contributed by atoms with Crippen molar-refractivity contribution in [2.45, 2.75) is 64.1 Å². The number of rotatable bonds is 4. The second-order valence-electron chi connectivity index (χ2n) is 6.95. The van der Waals surface area contributed by atoms with Crippen LogP contribution in [0, 0.1) is 5.92 Å². The van der Waals surface area contributed by atoms with Crippen LogP contribution in [0.1, 0.15) is 46.0 Å². The van der Waals surface area contributed by atoms with Crippen LogP contribution in [-0.2, 0) is 0 Å². The first-order chi connectivity index (χ1) is 9.28. The minimum atomic E-state index is 0.761. The Balaban J connectivity index is 1.56. The van der Waals surface area contributed by atoms with Gasteiger partial charge in [-0.3, -0.25) is 9.80 Å². The quantitative estimate of drug-likeness (QED) is 0.838. The Hall–Kier alpha value is -0.120. The second kappa shape index (κ2) is 6.11. The zero-order chi connectivity index (χ0) is 13.2. The van der Waals surface area contributed by atoms with E-state index in [4.69, 9.17) is 0 Å². The van der Waals surface area contributed by atoms with Crippen molar-refractivity contribution in [1.82, 2.24) is 15.1 Å². The molecule has 0 amide bonds. The average Bonchev–Trinajstić information content (AvgIpc) is 3.00. The van der Waals surface area contributed by atoms with Gasteiger partial charge in [0.25, 0.3) is 0 Å². The van der Waals surface area contributed by atoms with Gasteiger partial charge in [0.1, 0.15) is 0 Å². The fourth-order valence-electron chi connectivity index (χ4n) is 4.59. The number of hydrogen-bond acceptors (Lipinski definition) is 3. The van der Waals surface area contributed by atoms with Gasteiger partial charge < -0.3 is 5.32 Å².